The molecule has 5 N–H and O–H groups in total. The van der Waals surface area contributed by atoms with Crippen LogP contribution >= 0.6 is 11.6 Å². The molecule has 2 rings (SSSR count). The van der Waals surface area contributed by atoms with Gasteiger partial charge in [-0.1, -0.05) is 48.0 Å². The zero-order valence-electron chi connectivity index (χ0n) is 15.3. The number of halogens is 1. The van der Waals surface area contributed by atoms with Crippen LogP contribution in [0.15, 0.2) is 48.5 Å². The molecule has 0 aromatic heterocycles. The summed E-state index contributed by atoms with van der Waals surface area (Å²) in [7, 11) is 0. The lowest BCUT2D eigenvalue weighted by molar-refractivity contribution is -0.742. The van der Waals surface area contributed by atoms with Gasteiger partial charge in [-0.05, 0) is 24.6 Å². The van der Waals surface area contributed by atoms with E-state index >= 15 is 0 Å². The van der Waals surface area contributed by atoms with Gasteiger partial charge in [-0.3, -0.25) is 4.79 Å². The zero-order chi connectivity index (χ0) is 19.6. The Labute approximate surface area is 163 Å². The molecule has 7 heteroatoms. The number of nitrogens with one attached hydrogen (secondary N) is 1. The number of carboxylic acid groups (broad SMARTS) is 1. The number of aryl methyl sites for hydroxylation is 1. The summed E-state index contributed by atoms with van der Waals surface area (Å²) in [5.74, 6) is -1.62. The maximum Gasteiger partial charge on any atom is 0.230 e. The van der Waals surface area contributed by atoms with Gasteiger partial charge in [0, 0.05) is 16.3 Å². The number of amides is 1. The first-order chi connectivity index (χ1) is 13.0. The molecule has 0 saturated carbocycles. The predicted octanol–water partition coefficient (Wildman–Crippen LogP) is -0.577. The van der Waals surface area contributed by atoms with Gasteiger partial charge >= 0.3 is 0 Å². The Hall–Kier alpha value is -2.41. The van der Waals surface area contributed by atoms with E-state index in [9.17, 15) is 14.7 Å². The van der Waals surface area contributed by atoms with Crippen molar-refractivity contribution in [3.63, 3.8) is 0 Å². The summed E-state index contributed by atoms with van der Waals surface area (Å²) in [5, 5.41) is 18.3. The molecule has 1 amide bonds. The summed E-state index contributed by atoms with van der Waals surface area (Å²) in [6.07, 6.45) is -0.160. The maximum atomic E-state index is 12.1. The Balaban J connectivity index is 1.74. The molecular weight excluding hydrogens is 366 g/mol. The second kappa shape index (κ2) is 10.7. The highest BCUT2D eigenvalue weighted by atomic mass is 35.5. The van der Waals surface area contributed by atoms with Gasteiger partial charge in [-0.15, -0.1) is 0 Å². The molecule has 0 aliphatic rings. The highest BCUT2D eigenvalue weighted by Gasteiger charge is 2.18. The predicted molar refractivity (Wildman–Crippen MR) is 102 cm³/mol. The number of rotatable bonds is 10. The van der Waals surface area contributed by atoms with Crippen LogP contribution < -0.4 is 21.1 Å². The number of quaternary nitrogens is 2. The first-order valence-corrected chi connectivity index (χ1v) is 9.29. The van der Waals surface area contributed by atoms with Gasteiger partial charge in [0.15, 0.2) is 0 Å². The first-order valence-electron chi connectivity index (χ1n) is 8.91. The molecule has 6 nitrogen and oxygen atoms in total. The third-order valence-electron chi connectivity index (χ3n) is 4.21. The van der Waals surface area contributed by atoms with Crippen molar-refractivity contribution in [2.45, 2.75) is 25.9 Å². The molecule has 0 fully saturated rings. The number of carbonyl (C=O) groups is 2. The van der Waals surface area contributed by atoms with Crippen molar-refractivity contribution < 1.29 is 25.3 Å². The van der Waals surface area contributed by atoms with Crippen LogP contribution in [-0.4, -0.2) is 31.0 Å². The third-order valence-corrected chi connectivity index (χ3v) is 4.62. The van der Waals surface area contributed by atoms with Gasteiger partial charge in [0.1, 0.15) is 25.7 Å². The lowest BCUT2D eigenvalue weighted by Crippen LogP contribution is -2.99. The fourth-order valence-electron chi connectivity index (χ4n) is 2.64. The molecule has 144 valence electrons. The van der Waals surface area contributed by atoms with Crippen LogP contribution in [0.4, 0.5) is 5.69 Å². The molecule has 0 unspecified atom stereocenters. The number of carbonyl (C=O) groups excluding carboxylic acids is 2. The largest absolute Gasteiger partial charge is 0.544 e. The van der Waals surface area contributed by atoms with E-state index in [-0.39, 0.29) is 12.3 Å². The Bertz CT molecular complexity index is 768. The minimum absolute atomic E-state index is 0.160. The molecule has 0 aliphatic carbocycles. The number of hydrogen-bond acceptors (Lipinski definition) is 3. The molecule has 0 bridgehead atoms. The van der Waals surface area contributed by atoms with E-state index in [1.807, 2.05) is 37.3 Å². The minimum atomic E-state index is -1.24. The number of anilines is 1. The molecule has 1 atom stereocenters. The van der Waals surface area contributed by atoms with E-state index in [4.69, 9.17) is 11.6 Å². The Morgan fingerprint density at radius 2 is 1.89 bits per heavy atom. The highest BCUT2D eigenvalue weighted by Crippen LogP contribution is 2.20. The third kappa shape index (κ3) is 7.38. The van der Waals surface area contributed by atoms with Gasteiger partial charge in [0.05, 0.1) is 12.4 Å². The molecule has 0 aliphatic heterocycles. The van der Waals surface area contributed by atoms with E-state index in [1.165, 1.54) is 5.56 Å². The molecule has 0 spiro atoms. The van der Waals surface area contributed by atoms with E-state index in [2.05, 4.69) is 10.6 Å². The SMILES string of the molecule is Cc1ccc(NC(=O)C[C@H]([NH2+]CC[NH2+]Cc2ccccc2)C(=O)[O-])cc1Cl. The fourth-order valence-corrected chi connectivity index (χ4v) is 2.82. The smallest absolute Gasteiger partial charge is 0.230 e. The van der Waals surface area contributed by atoms with Crippen molar-refractivity contribution in [1.29, 1.82) is 0 Å². The van der Waals surface area contributed by atoms with Crippen LogP contribution in [0.1, 0.15) is 17.5 Å². The molecule has 0 radical (unpaired) electrons. The zero-order valence-corrected chi connectivity index (χ0v) is 16.0. The standard InChI is InChI=1S/C20H24ClN3O3/c1-14-7-8-16(11-17(14)21)24-19(25)12-18(20(26)27)23-10-9-22-13-15-5-3-2-4-6-15/h2-8,11,18,22-23H,9-10,12-13H2,1H3,(H,24,25)(H,26,27)/p+1/t18-/m0/s1. The van der Waals surface area contributed by atoms with Gasteiger partial charge in [0.2, 0.25) is 5.91 Å². The van der Waals surface area contributed by atoms with Crippen LogP contribution in [0.25, 0.3) is 0 Å². The second-order valence-corrected chi connectivity index (χ2v) is 6.84. The molecule has 2 aromatic carbocycles. The van der Waals surface area contributed by atoms with E-state index in [0.29, 0.717) is 17.3 Å². The topological polar surface area (TPSA) is 102 Å². The lowest BCUT2D eigenvalue weighted by atomic mass is 10.2. The summed E-state index contributed by atoms with van der Waals surface area (Å²) in [6, 6.07) is 14.3. The number of nitrogens with two attached hydrogens (primary N) is 2. The number of hydrogen-bond donors (Lipinski definition) is 3. The summed E-state index contributed by atoms with van der Waals surface area (Å²) in [5.41, 5.74) is 2.66. The fraction of sp³-hybridized carbons (Fsp3) is 0.300. The average Bonchev–Trinajstić information content (AvgIpc) is 2.64. The van der Waals surface area contributed by atoms with E-state index < -0.39 is 12.0 Å². The molecule has 0 heterocycles. The Kier molecular flexibility index (Phi) is 8.26. The molecule has 2 aromatic rings. The Morgan fingerprint density at radius 1 is 1.15 bits per heavy atom. The monoisotopic (exact) mass is 390 g/mol. The van der Waals surface area contributed by atoms with Gasteiger partial charge in [0.25, 0.3) is 0 Å². The van der Waals surface area contributed by atoms with E-state index in [1.54, 1.807) is 23.5 Å². The van der Waals surface area contributed by atoms with Crippen molar-refractivity contribution in [1.82, 2.24) is 0 Å². The van der Waals surface area contributed by atoms with Crippen LogP contribution in [0.2, 0.25) is 5.02 Å². The highest BCUT2D eigenvalue weighted by molar-refractivity contribution is 6.31. The average molecular weight is 391 g/mol. The number of carboxylic acids is 1. The summed E-state index contributed by atoms with van der Waals surface area (Å²) in [6.45, 7) is 4.02. The lowest BCUT2D eigenvalue weighted by Gasteiger charge is -2.16. The van der Waals surface area contributed by atoms with Crippen molar-refractivity contribution in [3.8, 4) is 0 Å². The quantitative estimate of drug-likeness (QED) is 0.473. The van der Waals surface area contributed by atoms with Crippen molar-refractivity contribution in [3.05, 3.63) is 64.7 Å². The molecular formula is C20H25ClN3O3+. The van der Waals surface area contributed by atoms with Crippen LogP contribution in [-0.2, 0) is 16.1 Å². The molecule has 0 saturated heterocycles. The summed E-state index contributed by atoms with van der Waals surface area (Å²) in [4.78, 5) is 23.4. The normalized spacial score (nSPS) is 11.8. The Morgan fingerprint density at radius 3 is 2.56 bits per heavy atom. The minimum Gasteiger partial charge on any atom is -0.544 e. The van der Waals surface area contributed by atoms with Crippen LogP contribution in [0.3, 0.4) is 0 Å². The second-order valence-electron chi connectivity index (χ2n) is 6.43. The van der Waals surface area contributed by atoms with E-state index in [0.717, 1.165) is 18.7 Å². The molecule has 27 heavy (non-hydrogen) atoms. The number of benzene rings is 2. The summed E-state index contributed by atoms with van der Waals surface area (Å²) < 4.78 is 0. The van der Waals surface area contributed by atoms with Crippen molar-refractivity contribution in [2.75, 3.05) is 18.4 Å². The maximum absolute atomic E-state index is 12.1. The van der Waals surface area contributed by atoms with Crippen molar-refractivity contribution in [2.24, 2.45) is 0 Å². The van der Waals surface area contributed by atoms with Gasteiger partial charge in [-0.2, -0.15) is 0 Å². The van der Waals surface area contributed by atoms with Gasteiger partial charge in [-0.25, -0.2) is 0 Å². The van der Waals surface area contributed by atoms with Crippen molar-refractivity contribution >= 4 is 29.2 Å². The van der Waals surface area contributed by atoms with Crippen LogP contribution in [0, 0.1) is 6.92 Å². The van der Waals surface area contributed by atoms with Gasteiger partial charge < -0.3 is 25.9 Å². The van der Waals surface area contributed by atoms with Crippen LogP contribution in [0.5, 0.6) is 0 Å². The number of aliphatic carboxylic acids is 1. The first kappa shape index (κ1) is 20.9. The summed E-state index contributed by atoms with van der Waals surface area (Å²) >= 11 is 6.03.